The molecule has 0 spiro atoms. The van der Waals surface area contributed by atoms with Crippen molar-refractivity contribution in [2.45, 2.75) is 64.7 Å². The van der Waals surface area contributed by atoms with E-state index in [4.69, 9.17) is 0 Å². The number of nitrogens with one attached hydrogen (secondary N) is 1. The molecular weight excluding hydrogens is 354 g/mol. The fourth-order valence-corrected chi connectivity index (χ4v) is 4.20. The third-order valence-corrected chi connectivity index (χ3v) is 5.95. The van der Waals surface area contributed by atoms with Gasteiger partial charge < -0.3 is 5.32 Å². The highest BCUT2D eigenvalue weighted by molar-refractivity contribution is 5.75. The van der Waals surface area contributed by atoms with Crippen molar-refractivity contribution in [3.05, 3.63) is 51.7 Å². The molecule has 1 amide bonds. The summed E-state index contributed by atoms with van der Waals surface area (Å²) in [5, 5.41) is 7.37. The van der Waals surface area contributed by atoms with Gasteiger partial charge in [0.05, 0.1) is 0 Å². The van der Waals surface area contributed by atoms with Crippen molar-refractivity contribution < 1.29 is 4.79 Å². The number of benzene rings is 1. The summed E-state index contributed by atoms with van der Waals surface area (Å²) >= 11 is 0. The molecule has 2 aliphatic rings. The topological polar surface area (TPSA) is 72.2 Å². The molecule has 0 radical (unpaired) electrons. The molecule has 3 heterocycles. The minimum Gasteiger partial charge on any atom is -0.353 e. The first-order valence-corrected chi connectivity index (χ1v) is 10.4. The monoisotopic (exact) mass is 383 g/mol. The van der Waals surface area contributed by atoms with Crippen molar-refractivity contribution in [2.24, 2.45) is 0 Å². The predicted molar refractivity (Wildman–Crippen MR) is 107 cm³/mol. The van der Waals surface area contributed by atoms with E-state index in [1.165, 1.54) is 15.8 Å². The molecule has 0 saturated carbocycles. The van der Waals surface area contributed by atoms with Gasteiger partial charge in [0, 0.05) is 38.6 Å². The lowest BCUT2D eigenvalue weighted by atomic mass is 9.99. The van der Waals surface area contributed by atoms with Crippen LogP contribution in [-0.2, 0) is 37.3 Å². The summed E-state index contributed by atoms with van der Waals surface area (Å²) in [5.74, 6) is 0.662. The first kappa shape index (κ1) is 18.9. The molecule has 28 heavy (non-hydrogen) atoms. The van der Waals surface area contributed by atoms with Crippen molar-refractivity contribution in [3.8, 4) is 0 Å². The van der Waals surface area contributed by atoms with Gasteiger partial charge in [-0.15, -0.1) is 0 Å². The molecule has 7 nitrogen and oxygen atoms in total. The van der Waals surface area contributed by atoms with Crippen molar-refractivity contribution in [1.29, 1.82) is 0 Å². The van der Waals surface area contributed by atoms with Crippen LogP contribution in [0.3, 0.4) is 0 Å². The lowest BCUT2D eigenvalue weighted by Crippen LogP contribution is -2.45. The van der Waals surface area contributed by atoms with Gasteiger partial charge >= 0.3 is 5.69 Å². The van der Waals surface area contributed by atoms with Gasteiger partial charge in [0.25, 0.3) is 0 Å². The van der Waals surface area contributed by atoms with Gasteiger partial charge in [-0.25, -0.2) is 9.48 Å². The molecule has 7 heteroatoms. The second kappa shape index (κ2) is 8.31. The fraction of sp³-hybridized carbons (Fsp3) is 0.571. The first-order chi connectivity index (χ1) is 13.6. The molecule has 0 saturated heterocycles. The maximum atomic E-state index is 12.5. The third-order valence-electron chi connectivity index (χ3n) is 5.95. The Hall–Kier alpha value is -2.41. The Bertz CT molecular complexity index is 900. The molecule has 1 atom stereocenters. The summed E-state index contributed by atoms with van der Waals surface area (Å²) in [6.45, 7) is 5.34. The molecule has 4 rings (SSSR count). The second-order valence-corrected chi connectivity index (χ2v) is 7.96. The van der Waals surface area contributed by atoms with E-state index in [-0.39, 0.29) is 24.2 Å². The van der Waals surface area contributed by atoms with Crippen LogP contribution in [0, 0.1) is 0 Å². The summed E-state index contributed by atoms with van der Waals surface area (Å²) in [5.41, 5.74) is 2.64. The van der Waals surface area contributed by atoms with Crippen LogP contribution in [0.5, 0.6) is 0 Å². The van der Waals surface area contributed by atoms with Crippen molar-refractivity contribution in [3.63, 3.8) is 0 Å². The minimum atomic E-state index is -0.160. The number of carbonyl (C=O) groups is 1. The Morgan fingerprint density at radius 3 is 2.82 bits per heavy atom. The van der Waals surface area contributed by atoms with Crippen LogP contribution >= 0.6 is 0 Å². The van der Waals surface area contributed by atoms with Crippen molar-refractivity contribution in [1.82, 2.24) is 24.6 Å². The lowest BCUT2D eigenvalue weighted by Gasteiger charge is -2.33. The predicted octanol–water partition coefficient (Wildman–Crippen LogP) is 1.33. The molecule has 2 aromatic rings. The zero-order valence-corrected chi connectivity index (χ0v) is 16.6. The minimum absolute atomic E-state index is 0.00557. The van der Waals surface area contributed by atoms with Gasteiger partial charge in [-0.2, -0.15) is 5.10 Å². The van der Waals surface area contributed by atoms with Crippen molar-refractivity contribution >= 4 is 5.91 Å². The molecule has 0 aliphatic carbocycles. The molecule has 0 fully saturated rings. The Balaban J connectivity index is 1.31. The van der Waals surface area contributed by atoms with Crippen molar-refractivity contribution in [2.75, 3.05) is 13.1 Å². The molecular formula is C21H29N5O2. The molecule has 2 aliphatic heterocycles. The van der Waals surface area contributed by atoms with E-state index < -0.39 is 0 Å². The average Bonchev–Trinajstić information content (AvgIpc) is 2.87. The lowest BCUT2D eigenvalue weighted by molar-refractivity contribution is -0.122. The zero-order valence-electron chi connectivity index (χ0n) is 16.6. The quantitative estimate of drug-likeness (QED) is 0.846. The van der Waals surface area contributed by atoms with Crippen LogP contribution in [0.2, 0.25) is 0 Å². The van der Waals surface area contributed by atoms with Crippen LogP contribution in [0.25, 0.3) is 0 Å². The Labute approximate surface area is 165 Å². The van der Waals surface area contributed by atoms with E-state index in [0.29, 0.717) is 13.1 Å². The number of carbonyl (C=O) groups excluding carboxylic acids is 1. The Morgan fingerprint density at radius 2 is 1.96 bits per heavy atom. The van der Waals surface area contributed by atoms with Gasteiger partial charge in [0.2, 0.25) is 5.91 Å². The maximum Gasteiger partial charge on any atom is 0.346 e. The largest absolute Gasteiger partial charge is 0.353 e. The van der Waals surface area contributed by atoms with E-state index in [0.717, 1.165) is 51.0 Å². The SMILES string of the molecule is CC(CNC(=O)Cn1nc2n(c1=O)CCCCC2)N1CCc2ccccc2C1. The molecule has 1 aromatic carbocycles. The van der Waals surface area contributed by atoms with E-state index in [2.05, 4.69) is 46.5 Å². The van der Waals surface area contributed by atoms with Gasteiger partial charge in [0.15, 0.2) is 0 Å². The molecule has 1 aromatic heterocycles. The van der Waals surface area contributed by atoms with E-state index in [9.17, 15) is 9.59 Å². The first-order valence-electron chi connectivity index (χ1n) is 10.4. The maximum absolute atomic E-state index is 12.5. The summed E-state index contributed by atoms with van der Waals surface area (Å²) in [6, 6.07) is 8.80. The highest BCUT2D eigenvalue weighted by Gasteiger charge is 2.21. The average molecular weight is 383 g/mol. The Kier molecular flexibility index (Phi) is 5.62. The van der Waals surface area contributed by atoms with Gasteiger partial charge in [-0.1, -0.05) is 30.7 Å². The van der Waals surface area contributed by atoms with Gasteiger partial charge in [-0.05, 0) is 37.3 Å². The van der Waals surface area contributed by atoms with Gasteiger partial charge in [-0.3, -0.25) is 14.3 Å². The highest BCUT2D eigenvalue weighted by atomic mass is 16.2. The smallest absolute Gasteiger partial charge is 0.346 e. The number of hydrogen-bond donors (Lipinski definition) is 1. The van der Waals surface area contributed by atoms with Crippen LogP contribution in [-0.4, -0.2) is 44.3 Å². The third kappa shape index (κ3) is 4.04. The normalized spacial score (nSPS) is 18.0. The summed E-state index contributed by atoms with van der Waals surface area (Å²) in [7, 11) is 0. The number of rotatable bonds is 5. The zero-order chi connectivity index (χ0) is 19.5. The molecule has 150 valence electrons. The van der Waals surface area contributed by atoms with E-state index in [1.807, 2.05) is 0 Å². The standard InChI is InChI=1S/C21H29N5O2/c1-16(24-12-10-17-7-4-5-8-18(17)14-24)13-22-20(27)15-26-21(28)25-11-6-2-3-9-19(25)23-26/h4-5,7-8,16H,2-3,6,9-15H2,1H3,(H,22,27). The number of nitrogens with zero attached hydrogens (tertiary/aromatic N) is 4. The van der Waals surface area contributed by atoms with Crippen LogP contribution in [0.4, 0.5) is 0 Å². The van der Waals surface area contributed by atoms with E-state index in [1.54, 1.807) is 4.57 Å². The van der Waals surface area contributed by atoms with Gasteiger partial charge in [0.1, 0.15) is 12.4 Å². The molecule has 0 bridgehead atoms. The van der Waals surface area contributed by atoms with E-state index >= 15 is 0 Å². The Morgan fingerprint density at radius 1 is 1.14 bits per heavy atom. The number of aryl methyl sites for hydroxylation is 1. The molecule has 1 unspecified atom stereocenters. The molecule has 1 N–H and O–H groups in total. The highest BCUT2D eigenvalue weighted by Crippen LogP contribution is 2.19. The van der Waals surface area contributed by atoms with Crippen LogP contribution < -0.4 is 11.0 Å². The number of aromatic nitrogens is 3. The van der Waals surface area contributed by atoms with Crippen LogP contribution in [0.1, 0.15) is 43.1 Å². The summed E-state index contributed by atoms with van der Waals surface area (Å²) in [4.78, 5) is 27.3. The number of fused-ring (bicyclic) bond motifs is 2. The number of amides is 1. The fourth-order valence-electron chi connectivity index (χ4n) is 4.20. The number of hydrogen-bond acceptors (Lipinski definition) is 4. The summed E-state index contributed by atoms with van der Waals surface area (Å²) < 4.78 is 3.05. The summed E-state index contributed by atoms with van der Waals surface area (Å²) in [6.07, 6.45) is 5.05. The van der Waals surface area contributed by atoms with Crippen LogP contribution in [0.15, 0.2) is 29.1 Å². The second-order valence-electron chi connectivity index (χ2n) is 7.96.